The fraction of sp³-hybridized carbons (Fsp3) is 0.471. The molecule has 0 radical (unpaired) electrons. The first-order valence-corrected chi connectivity index (χ1v) is 7.88. The Kier molecular flexibility index (Phi) is 7.47. The Morgan fingerprint density at radius 2 is 1.88 bits per heavy atom. The van der Waals surface area contributed by atoms with Gasteiger partial charge in [0.25, 0.3) is 6.47 Å². The number of hydrogen-bond acceptors (Lipinski definition) is 3. The second-order valence-corrected chi connectivity index (χ2v) is 5.73. The summed E-state index contributed by atoms with van der Waals surface area (Å²) in [6.07, 6.45) is 0.767. The molecule has 1 atom stereocenters. The molecule has 1 fully saturated rings. The molecule has 0 unspecified atom stereocenters. The lowest BCUT2D eigenvalue weighted by Gasteiger charge is -2.38. The molecule has 0 aliphatic carbocycles. The van der Waals surface area contributed by atoms with Crippen molar-refractivity contribution in [2.24, 2.45) is 0 Å². The lowest BCUT2D eigenvalue weighted by atomic mass is 10.1. The molecule has 1 aromatic carbocycles. The highest BCUT2D eigenvalue weighted by Crippen LogP contribution is 2.21. The van der Waals surface area contributed by atoms with Gasteiger partial charge in [0.2, 0.25) is 11.8 Å². The van der Waals surface area contributed by atoms with E-state index in [0.29, 0.717) is 6.54 Å². The van der Waals surface area contributed by atoms with Crippen molar-refractivity contribution in [3.63, 3.8) is 0 Å². The Bertz CT molecular complexity index is 652. The lowest BCUT2D eigenvalue weighted by Crippen LogP contribution is -2.58. The van der Waals surface area contributed by atoms with Crippen molar-refractivity contribution in [2.45, 2.75) is 39.8 Å². The van der Waals surface area contributed by atoms with Crippen molar-refractivity contribution < 1.29 is 28.3 Å². The van der Waals surface area contributed by atoms with E-state index in [9.17, 15) is 18.4 Å². The average Bonchev–Trinajstić information content (AvgIpc) is 2.57. The monoisotopic (exact) mass is 356 g/mol. The molecule has 1 heterocycles. The second-order valence-electron chi connectivity index (χ2n) is 5.73. The van der Waals surface area contributed by atoms with Crippen LogP contribution in [0.5, 0.6) is 0 Å². The van der Waals surface area contributed by atoms with E-state index in [1.54, 1.807) is 6.92 Å². The number of hydrogen-bond donors (Lipinski definition) is 1. The van der Waals surface area contributed by atoms with E-state index in [-0.39, 0.29) is 42.5 Å². The minimum absolute atomic E-state index is 0.00697. The fourth-order valence-electron chi connectivity index (χ4n) is 2.62. The molecule has 25 heavy (non-hydrogen) atoms. The van der Waals surface area contributed by atoms with E-state index in [4.69, 9.17) is 9.90 Å². The highest BCUT2D eigenvalue weighted by atomic mass is 19.2. The maximum absolute atomic E-state index is 14.0. The van der Waals surface area contributed by atoms with Crippen molar-refractivity contribution in [2.75, 3.05) is 13.1 Å². The zero-order valence-corrected chi connectivity index (χ0v) is 14.5. The first-order valence-electron chi connectivity index (χ1n) is 7.88. The van der Waals surface area contributed by atoms with Gasteiger partial charge in [0.1, 0.15) is 6.04 Å². The highest BCUT2D eigenvalue weighted by Gasteiger charge is 2.36. The van der Waals surface area contributed by atoms with Gasteiger partial charge in [-0.2, -0.15) is 0 Å². The Hall–Kier alpha value is -2.51. The van der Waals surface area contributed by atoms with E-state index in [0.717, 1.165) is 6.42 Å². The van der Waals surface area contributed by atoms with Crippen molar-refractivity contribution in [3.05, 3.63) is 34.9 Å². The van der Waals surface area contributed by atoms with E-state index in [2.05, 4.69) is 0 Å². The van der Waals surface area contributed by atoms with Gasteiger partial charge in [0, 0.05) is 18.7 Å². The number of rotatable bonds is 4. The molecule has 2 rings (SSSR count). The smallest absolute Gasteiger partial charge is 0.290 e. The molecule has 1 aliphatic heterocycles. The normalized spacial score (nSPS) is 17.2. The van der Waals surface area contributed by atoms with Gasteiger partial charge in [-0.1, -0.05) is 19.1 Å². The Morgan fingerprint density at radius 3 is 2.44 bits per heavy atom. The molecule has 1 saturated heterocycles. The predicted molar refractivity (Wildman–Crippen MR) is 86.7 cm³/mol. The van der Waals surface area contributed by atoms with Gasteiger partial charge in [0.05, 0.1) is 6.54 Å². The lowest BCUT2D eigenvalue weighted by molar-refractivity contribution is -0.155. The van der Waals surface area contributed by atoms with Crippen LogP contribution in [0.4, 0.5) is 8.78 Å². The third kappa shape index (κ3) is 4.74. The quantitative estimate of drug-likeness (QED) is 0.837. The summed E-state index contributed by atoms with van der Waals surface area (Å²) in [6.45, 7) is 5.19. The first-order chi connectivity index (χ1) is 11.8. The summed E-state index contributed by atoms with van der Waals surface area (Å²) in [6, 6.07) is 2.26. The standard InChI is InChI=1S/C16H20F2N2O2.CH2O2/c1-4-7-19-9-13(21)20(11(3)16(19)22)8-12-6-5-10(2)14(17)15(12)18;2-1-3/h5-6,11H,4,7-9H2,1-3H3;1H,(H,2,3)/t11-;/m1./s1. The molecule has 1 aliphatic rings. The Balaban J connectivity index is 0.000000970. The Labute approximate surface area is 145 Å². The van der Waals surface area contributed by atoms with Gasteiger partial charge in [-0.25, -0.2) is 8.78 Å². The minimum Gasteiger partial charge on any atom is -0.483 e. The van der Waals surface area contributed by atoms with Gasteiger partial charge in [0.15, 0.2) is 11.6 Å². The molecule has 0 spiro atoms. The summed E-state index contributed by atoms with van der Waals surface area (Å²) in [5, 5.41) is 6.89. The van der Waals surface area contributed by atoms with Crippen molar-refractivity contribution in [3.8, 4) is 0 Å². The van der Waals surface area contributed by atoms with Crippen molar-refractivity contribution >= 4 is 18.3 Å². The summed E-state index contributed by atoms with van der Waals surface area (Å²) in [5.74, 6) is -2.27. The second kappa shape index (κ2) is 9.10. The number of aryl methyl sites for hydroxylation is 1. The molecular formula is C17H22F2N2O4. The van der Waals surface area contributed by atoms with Gasteiger partial charge in [-0.15, -0.1) is 0 Å². The van der Waals surface area contributed by atoms with Gasteiger partial charge < -0.3 is 14.9 Å². The molecule has 2 amide bonds. The van der Waals surface area contributed by atoms with Crippen LogP contribution in [0.25, 0.3) is 0 Å². The van der Waals surface area contributed by atoms with Crippen LogP contribution in [0, 0.1) is 18.6 Å². The molecule has 1 N–H and O–H groups in total. The van der Waals surface area contributed by atoms with Crippen LogP contribution in [-0.2, 0) is 20.9 Å². The van der Waals surface area contributed by atoms with E-state index in [1.807, 2.05) is 6.92 Å². The number of carbonyl (C=O) groups is 3. The molecule has 138 valence electrons. The van der Waals surface area contributed by atoms with Crippen LogP contribution < -0.4 is 0 Å². The number of carboxylic acid groups (broad SMARTS) is 1. The number of amides is 2. The van der Waals surface area contributed by atoms with E-state index < -0.39 is 17.7 Å². The summed E-state index contributed by atoms with van der Waals surface area (Å²) in [4.78, 5) is 35.6. The number of benzene rings is 1. The van der Waals surface area contributed by atoms with Crippen LogP contribution in [-0.4, -0.2) is 52.3 Å². The topological polar surface area (TPSA) is 77.9 Å². The van der Waals surface area contributed by atoms with Crippen LogP contribution >= 0.6 is 0 Å². The third-order valence-corrected chi connectivity index (χ3v) is 3.97. The Morgan fingerprint density at radius 1 is 1.28 bits per heavy atom. The SMILES string of the molecule is CCCN1CC(=O)N(Cc2ccc(C)c(F)c2F)[C@H](C)C1=O.O=CO. The average molecular weight is 356 g/mol. The minimum atomic E-state index is -0.955. The van der Waals surface area contributed by atoms with Gasteiger partial charge in [-0.3, -0.25) is 14.4 Å². The summed E-state index contributed by atoms with van der Waals surface area (Å²) in [5.41, 5.74) is 0.296. The maximum atomic E-state index is 14.0. The van der Waals surface area contributed by atoms with Crippen LogP contribution in [0.3, 0.4) is 0 Å². The van der Waals surface area contributed by atoms with Crippen molar-refractivity contribution in [1.29, 1.82) is 0 Å². The maximum Gasteiger partial charge on any atom is 0.290 e. The molecule has 6 nitrogen and oxygen atoms in total. The molecule has 8 heteroatoms. The fourth-order valence-corrected chi connectivity index (χ4v) is 2.62. The summed E-state index contributed by atoms with van der Waals surface area (Å²) >= 11 is 0. The summed E-state index contributed by atoms with van der Waals surface area (Å²) < 4.78 is 27.6. The van der Waals surface area contributed by atoms with Crippen LogP contribution in [0.15, 0.2) is 12.1 Å². The van der Waals surface area contributed by atoms with Gasteiger partial charge in [-0.05, 0) is 25.8 Å². The molecular weight excluding hydrogens is 334 g/mol. The summed E-state index contributed by atoms with van der Waals surface area (Å²) in [7, 11) is 0. The molecule has 0 saturated carbocycles. The van der Waals surface area contributed by atoms with E-state index in [1.165, 1.54) is 28.9 Å². The number of halogens is 2. The zero-order chi connectivity index (χ0) is 19.1. The number of nitrogens with zero attached hydrogens (tertiary/aromatic N) is 2. The molecule has 1 aromatic rings. The third-order valence-electron chi connectivity index (χ3n) is 3.97. The zero-order valence-electron chi connectivity index (χ0n) is 14.5. The molecule has 0 aromatic heterocycles. The number of piperazine rings is 1. The first kappa shape index (κ1) is 20.5. The van der Waals surface area contributed by atoms with Crippen LogP contribution in [0.2, 0.25) is 0 Å². The van der Waals surface area contributed by atoms with Crippen LogP contribution in [0.1, 0.15) is 31.4 Å². The number of carbonyl (C=O) groups excluding carboxylic acids is 2. The van der Waals surface area contributed by atoms with Gasteiger partial charge >= 0.3 is 0 Å². The highest BCUT2D eigenvalue weighted by molar-refractivity contribution is 5.94. The molecule has 0 bridgehead atoms. The predicted octanol–water partition coefficient (Wildman–Crippen LogP) is 1.94. The van der Waals surface area contributed by atoms with E-state index >= 15 is 0 Å². The largest absolute Gasteiger partial charge is 0.483 e. The van der Waals surface area contributed by atoms with Crippen molar-refractivity contribution in [1.82, 2.24) is 9.80 Å².